The van der Waals surface area contributed by atoms with Gasteiger partial charge in [0.2, 0.25) is 0 Å². The van der Waals surface area contributed by atoms with Crippen molar-refractivity contribution in [2.75, 3.05) is 39.7 Å². The van der Waals surface area contributed by atoms with E-state index in [4.69, 9.17) is 9.47 Å². The van der Waals surface area contributed by atoms with Crippen LogP contribution >= 0.6 is 11.3 Å². The fourth-order valence-electron chi connectivity index (χ4n) is 2.25. The van der Waals surface area contributed by atoms with Crippen molar-refractivity contribution in [2.45, 2.75) is 26.7 Å². The molecule has 7 nitrogen and oxygen atoms in total. The molecule has 0 saturated carbocycles. The Morgan fingerprint density at radius 1 is 1.17 bits per heavy atom. The molecule has 0 bridgehead atoms. The van der Waals surface area contributed by atoms with E-state index in [1.807, 2.05) is 7.05 Å². The Balaban J connectivity index is 2.99. The minimum Gasteiger partial charge on any atom is -0.465 e. The number of esters is 2. The van der Waals surface area contributed by atoms with Crippen LogP contribution in [0.3, 0.4) is 0 Å². The highest BCUT2D eigenvalue weighted by atomic mass is 32.1. The number of carbonyl (C=O) groups is 3. The molecule has 24 heavy (non-hydrogen) atoms. The van der Waals surface area contributed by atoms with Gasteiger partial charge in [-0.25, -0.2) is 9.59 Å². The molecule has 1 heterocycles. The third-order valence-electron chi connectivity index (χ3n) is 3.58. The van der Waals surface area contributed by atoms with Crippen molar-refractivity contribution in [1.82, 2.24) is 0 Å². The molecule has 0 aliphatic rings. The van der Waals surface area contributed by atoms with Gasteiger partial charge in [-0.15, -0.1) is 11.3 Å². The van der Waals surface area contributed by atoms with Crippen LogP contribution in [-0.2, 0) is 14.3 Å². The Labute approximate surface area is 145 Å². The minimum absolute atomic E-state index is 0.197. The number of ether oxygens (including phenoxy) is 2. The van der Waals surface area contributed by atoms with Crippen molar-refractivity contribution in [3.8, 4) is 0 Å². The van der Waals surface area contributed by atoms with E-state index in [1.54, 1.807) is 6.92 Å². The summed E-state index contributed by atoms with van der Waals surface area (Å²) < 4.78 is 9.47. The van der Waals surface area contributed by atoms with Gasteiger partial charge in [0, 0.05) is 0 Å². The van der Waals surface area contributed by atoms with E-state index in [0.717, 1.165) is 35.6 Å². The first kappa shape index (κ1) is 20.1. The number of quaternary nitrogens is 1. The largest absolute Gasteiger partial charge is 0.465 e. The van der Waals surface area contributed by atoms with Crippen molar-refractivity contribution in [3.63, 3.8) is 0 Å². The van der Waals surface area contributed by atoms with Gasteiger partial charge < -0.3 is 19.7 Å². The summed E-state index contributed by atoms with van der Waals surface area (Å²) in [7, 11) is 4.46. The number of amides is 1. The highest BCUT2D eigenvalue weighted by molar-refractivity contribution is 7.18. The van der Waals surface area contributed by atoms with E-state index in [-0.39, 0.29) is 22.9 Å². The van der Waals surface area contributed by atoms with E-state index in [2.05, 4.69) is 12.2 Å². The predicted molar refractivity (Wildman–Crippen MR) is 91.9 cm³/mol. The van der Waals surface area contributed by atoms with Crippen molar-refractivity contribution >= 4 is 34.2 Å². The van der Waals surface area contributed by atoms with E-state index >= 15 is 0 Å². The molecule has 0 saturated heterocycles. The first-order chi connectivity index (χ1) is 11.3. The molecule has 8 heteroatoms. The van der Waals surface area contributed by atoms with Gasteiger partial charge in [0.15, 0.2) is 6.54 Å². The fourth-order valence-corrected chi connectivity index (χ4v) is 3.38. The van der Waals surface area contributed by atoms with Gasteiger partial charge in [0.25, 0.3) is 5.91 Å². The van der Waals surface area contributed by atoms with E-state index in [9.17, 15) is 14.4 Å². The number of hydrogen-bond acceptors (Lipinski definition) is 6. The lowest BCUT2D eigenvalue weighted by Crippen LogP contribution is -3.10. The summed E-state index contributed by atoms with van der Waals surface area (Å²) in [6.45, 7) is 4.90. The number of hydrogen-bond donors (Lipinski definition) is 2. The van der Waals surface area contributed by atoms with Gasteiger partial charge in [-0.1, -0.05) is 13.3 Å². The number of rotatable bonds is 8. The van der Waals surface area contributed by atoms with Crippen LogP contribution in [0.2, 0.25) is 0 Å². The Hall–Kier alpha value is -1.93. The quantitative estimate of drug-likeness (QED) is 0.675. The number of unbranched alkanes of at least 4 members (excludes halogenated alkanes) is 1. The van der Waals surface area contributed by atoms with Crippen LogP contribution in [0.5, 0.6) is 0 Å². The molecule has 1 aromatic heterocycles. The summed E-state index contributed by atoms with van der Waals surface area (Å²) in [6, 6.07) is 0. The zero-order valence-corrected chi connectivity index (χ0v) is 15.6. The standard InChI is InChI=1S/C16H24N2O5S/c1-6-7-8-18(3)9-11(19)17-14-12(15(20)22-4)10(2)13(24-14)16(21)23-5/h6-9H2,1-5H3,(H,17,19)/p+1. The van der Waals surface area contributed by atoms with Gasteiger partial charge in [-0.3, -0.25) is 4.79 Å². The van der Waals surface area contributed by atoms with Crippen molar-refractivity contribution in [2.24, 2.45) is 0 Å². The van der Waals surface area contributed by atoms with Crippen molar-refractivity contribution in [3.05, 3.63) is 16.0 Å². The molecule has 1 atom stereocenters. The summed E-state index contributed by atoms with van der Waals surface area (Å²) in [4.78, 5) is 37.4. The van der Waals surface area contributed by atoms with E-state index < -0.39 is 11.9 Å². The summed E-state index contributed by atoms with van der Waals surface area (Å²) in [5.41, 5.74) is 0.642. The summed E-state index contributed by atoms with van der Waals surface area (Å²) in [5, 5.41) is 3.04. The van der Waals surface area contributed by atoms with Crippen LogP contribution in [0.25, 0.3) is 0 Å². The number of nitrogens with one attached hydrogen (secondary N) is 2. The van der Waals surface area contributed by atoms with Gasteiger partial charge in [0.1, 0.15) is 9.88 Å². The highest BCUT2D eigenvalue weighted by Crippen LogP contribution is 2.34. The van der Waals surface area contributed by atoms with E-state index in [1.165, 1.54) is 14.2 Å². The molecule has 0 radical (unpaired) electrons. The molecule has 1 amide bonds. The second-order valence-electron chi connectivity index (χ2n) is 5.53. The maximum atomic E-state index is 12.2. The number of anilines is 1. The molecule has 1 unspecified atom stereocenters. The number of carbonyl (C=O) groups excluding carboxylic acids is 3. The SMILES string of the molecule is CCCC[NH+](C)CC(=O)Nc1sc(C(=O)OC)c(C)c1C(=O)OC. The average Bonchev–Trinajstić information content (AvgIpc) is 2.87. The molecule has 0 spiro atoms. The summed E-state index contributed by atoms with van der Waals surface area (Å²) >= 11 is 1.02. The number of methoxy groups -OCH3 is 2. The van der Waals surface area contributed by atoms with Crippen LogP contribution in [0.15, 0.2) is 0 Å². The first-order valence-corrected chi connectivity index (χ1v) is 8.58. The number of likely N-dealkylation sites (N-methyl/N-ethyl adjacent to an activating group) is 1. The van der Waals surface area contributed by atoms with E-state index in [0.29, 0.717) is 10.6 Å². The lowest BCUT2D eigenvalue weighted by atomic mass is 10.1. The monoisotopic (exact) mass is 357 g/mol. The maximum absolute atomic E-state index is 12.2. The zero-order valence-electron chi connectivity index (χ0n) is 14.8. The molecular formula is C16H25N2O5S+. The molecule has 0 fully saturated rings. The predicted octanol–water partition coefficient (Wildman–Crippen LogP) is 0.883. The topological polar surface area (TPSA) is 86.1 Å². The smallest absolute Gasteiger partial charge is 0.348 e. The molecular weight excluding hydrogens is 332 g/mol. The van der Waals surface area contributed by atoms with Crippen molar-refractivity contribution in [1.29, 1.82) is 0 Å². The minimum atomic E-state index is -0.596. The zero-order chi connectivity index (χ0) is 18.3. The van der Waals surface area contributed by atoms with Crippen LogP contribution in [0.4, 0.5) is 5.00 Å². The Morgan fingerprint density at radius 2 is 1.79 bits per heavy atom. The summed E-state index contributed by atoms with van der Waals surface area (Å²) in [5.74, 6) is -1.36. The molecule has 0 aliphatic carbocycles. The third kappa shape index (κ3) is 5.04. The lowest BCUT2D eigenvalue weighted by Gasteiger charge is -2.13. The molecule has 1 aromatic rings. The Kier molecular flexibility index (Phi) is 7.87. The Morgan fingerprint density at radius 3 is 2.33 bits per heavy atom. The molecule has 0 aromatic carbocycles. The van der Waals surface area contributed by atoms with Crippen molar-refractivity contribution < 1.29 is 28.8 Å². The Bertz CT molecular complexity index is 612. The lowest BCUT2D eigenvalue weighted by molar-refractivity contribution is -0.871. The van der Waals surface area contributed by atoms with Crippen LogP contribution < -0.4 is 10.2 Å². The third-order valence-corrected chi connectivity index (χ3v) is 4.77. The molecule has 2 N–H and O–H groups in total. The normalized spacial score (nSPS) is 11.7. The second-order valence-corrected chi connectivity index (χ2v) is 6.55. The molecule has 134 valence electrons. The molecule has 1 rings (SSSR count). The highest BCUT2D eigenvalue weighted by Gasteiger charge is 2.27. The fraction of sp³-hybridized carbons (Fsp3) is 0.562. The van der Waals surface area contributed by atoms with Crippen LogP contribution in [-0.4, -0.2) is 52.2 Å². The van der Waals surface area contributed by atoms with Gasteiger partial charge in [-0.05, 0) is 18.9 Å². The maximum Gasteiger partial charge on any atom is 0.348 e. The van der Waals surface area contributed by atoms with Gasteiger partial charge in [0.05, 0.1) is 33.4 Å². The second kappa shape index (κ2) is 9.39. The van der Waals surface area contributed by atoms with Gasteiger partial charge >= 0.3 is 11.9 Å². The van der Waals surface area contributed by atoms with Crippen LogP contribution in [0.1, 0.15) is 45.4 Å². The molecule has 0 aliphatic heterocycles. The number of thiophene rings is 1. The summed E-state index contributed by atoms with van der Waals surface area (Å²) in [6.07, 6.45) is 2.11. The first-order valence-electron chi connectivity index (χ1n) is 7.76. The van der Waals surface area contributed by atoms with Crippen LogP contribution in [0, 0.1) is 6.92 Å². The van der Waals surface area contributed by atoms with Gasteiger partial charge in [-0.2, -0.15) is 0 Å². The average molecular weight is 357 g/mol.